The number of benzene rings is 1. The van der Waals surface area contributed by atoms with Gasteiger partial charge in [-0.05, 0) is 37.5 Å². The Kier molecular flexibility index (Phi) is 5.21. The smallest absolute Gasteiger partial charge is 0.119 e. The molecule has 2 rings (SSSR count). The summed E-state index contributed by atoms with van der Waals surface area (Å²) in [4.78, 5) is 0. The van der Waals surface area contributed by atoms with Gasteiger partial charge in [0.25, 0.3) is 0 Å². The van der Waals surface area contributed by atoms with Crippen LogP contribution in [-0.2, 0) is 11.2 Å². The molecule has 0 spiro atoms. The van der Waals surface area contributed by atoms with E-state index in [0.29, 0.717) is 24.8 Å². The minimum Gasteiger partial charge on any atom is -0.493 e. The molecule has 1 N–H and O–H groups in total. The van der Waals surface area contributed by atoms with Crippen LogP contribution in [0.4, 0.5) is 0 Å². The summed E-state index contributed by atoms with van der Waals surface area (Å²) in [6.45, 7) is 3.39. The fraction of sp³-hybridized carbons (Fsp3) is 0.533. The second-order valence-electron chi connectivity index (χ2n) is 4.93. The molecule has 1 unspecified atom stereocenters. The lowest BCUT2D eigenvalue weighted by Gasteiger charge is -2.11. The molecule has 0 aromatic heterocycles. The van der Waals surface area contributed by atoms with Crippen LogP contribution in [0.3, 0.4) is 0 Å². The van der Waals surface area contributed by atoms with Gasteiger partial charge in [-0.1, -0.05) is 17.3 Å². The fourth-order valence-electron chi connectivity index (χ4n) is 2.21. The molecule has 1 saturated heterocycles. The van der Waals surface area contributed by atoms with Crippen LogP contribution >= 0.6 is 0 Å². The van der Waals surface area contributed by atoms with Gasteiger partial charge < -0.3 is 14.7 Å². The first-order valence-electron chi connectivity index (χ1n) is 6.79. The van der Waals surface area contributed by atoms with E-state index in [1.54, 1.807) is 6.92 Å². The van der Waals surface area contributed by atoms with Crippen molar-refractivity contribution in [2.24, 2.45) is 5.16 Å². The van der Waals surface area contributed by atoms with E-state index in [0.717, 1.165) is 30.8 Å². The van der Waals surface area contributed by atoms with Crippen molar-refractivity contribution in [1.82, 2.24) is 0 Å². The largest absolute Gasteiger partial charge is 0.493 e. The number of ether oxygens (including phenoxy) is 2. The number of nitrogens with zero attached hydrogens (tertiary/aromatic N) is 1. The molecular formula is C15H21NO3. The first-order chi connectivity index (χ1) is 9.28. The van der Waals surface area contributed by atoms with Gasteiger partial charge in [0.2, 0.25) is 0 Å². The Hall–Kier alpha value is -1.55. The second kappa shape index (κ2) is 7.14. The number of rotatable bonds is 6. The normalized spacial score (nSPS) is 19.6. The van der Waals surface area contributed by atoms with Crippen LogP contribution in [0, 0.1) is 0 Å². The predicted molar refractivity (Wildman–Crippen MR) is 74.1 cm³/mol. The summed E-state index contributed by atoms with van der Waals surface area (Å²) < 4.78 is 11.2. The Morgan fingerprint density at radius 3 is 2.84 bits per heavy atom. The quantitative estimate of drug-likeness (QED) is 0.487. The monoisotopic (exact) mass is 263 g/mol. The maximum Gasteiger partial charge on any atom is 0.119 e. The summed E-state index contributed by atoms with van der Waals surface area (Å²) in [5.41, 5.74) is 1.81. The molecule has 4 nitrogen and oxygen atoms in total. The average Bonchev–Trinajstić information content (AvgIpc) is 2.94. The molecular weight excluding hydrogens is 242 g/mol. The molecule has 1 aliphatic heterocycles. The van der Waals surface area contributed by atoms with Gasteiger partial charge in [-0.2, -0.15) is 0 Å². The van der Waals surface area contributed by atoms with E-state index in [2.05, 4.69) is 5.16 Å². The highest BCUT2D eigenvalue weighted by molar-refractivity contribution is 5.83. The fourth-order valence-corrected chi connectivity index (χ4v) is 2.21. The van der Waals surface area contributed by atoms with E-state index in [9.17, 15) is 0 Å². The highest BCUT2D eigenvalue weighted by Gasteiger charge is 2.14. The Morgan fingerprint density at radius 2 is 2.21 bits per heavy atom. The van der Waals surface area contributed by atoms with E-state index >= 15 is 0 Å². The average molecular weight is 263 g/mol. The molecule has 0 aliphatic carbocycles. The Labute approximate surface area is 114 Å². The Bertz CT molecular complexity index is 408. The van der Waals surface area contributed by atoms with Crippen molar-refractivity contribution in [1.29, 1.82) is 0 Å². The van der Waals surface area contributed by atoms with Crippen molar-refractivity contribution in [2.75, 3.05) is 13.2 Å². The van der Waals surface area contributed by atoms with Crippen molar-refractivity contribution >= 4 is 5.71 Å². The third-order valence-electron chi connectivity index (χ3n) is 3.29. The highest BCUT2D eigenvalue weighted by atomic mass is 16.5. The minimum atomic E-state index is 0.377. The molecule has 1 heterocycles. The van der Waals surface area contributed by atoms with Crippen molar-refractivity contribution in [3.63, 3.8) is 0 Å². The molecule has 0 radical (unpaired) electrons. The minimum absolute atomic E-state index is 0.377. The summed E-state index contributed by atoms with van der Waals surface area (Å²) in [6.07, 6.45) is 4.32. The zero-order valence-corrected chi connectivity index (χ0v) is 11.3. The lowest BCUT2D eigenvalue weighted by atomic mass is 10.1. The van der Waals surface area contributed by atoms with E-state index < -0.39 is 0 Å². The number of oxime groups is 1. The zero-order valence-electron chi connectivity index (χ0n) is 11.3. The number of hydrogen-bond donors (Lipinski definition) is 1. The van der Waals surface area contributed by atoms with E-state index in [4.69, 9.17) is 14.7 Å². The van der Waals surface area contributed by atoms with Crippen LogP contribution < -0.4 is 4.74 Å². The van der Waals surface area contributed by atoms with Crippen molar-refractivity contribution in [2.45, 2.75) is 38.7 Å². The predicted octanol–water partition coefficient (Wildman–Crippen LogP) is 3.03. The van der Waals surface area contributed by atoms with Gasteiger partial charge >= 0.3 is 0 Å². The molecule has 0 amide bonds. The SMILES string of the molecule is C/C(Cc1ccc(OCCC2CCCO2)cc1)=N/O. The van der Waals surface area contributed by atoms with Crippen molar-refractivity contribution in [3.8, 4) is 5.75 Å². The molecule has 104 valence electrons. The third kappa shape index (κ3) is 4.56. The standard InChI is InChI=1S/C15H21NO3/c1-12(16-17)11-13-4-6-15(7-5-13)19-10-8-14-3-2-9-18-14/h4-7,14,17H,2-3,8-11H2,1H3/b16-12-. The summed E-state index contributed by atoms with van der Waals surface area (Å²) in [5, 5.41) is 11.8. The molecule has 1 fully saturated rings. The van der Waals surface area contributed by atoms with Crippen LogP contribution in [0.5, 0.6) is 5.75 Å². The van der Waals surface area contributed by atoms with E-state index in [1.807, 2.05) is 24.3 Å². The Balaban J connectivity index is 1.75. The maximum absolute atomic E-state index is 8.62. The molecule has 4 heteroatoms. The van der Waals surface area contributed by atoms with Gasteiger partial charge in [-0.25, -0.2) is 0 Å². The summed E-state index contributed by atoms with van der Waals surface area (Å²) in [5.74, 6) is 0.875. The van der Waals surface area contributed by atoms with Gasteiger partial charge in [0, 0.05) is 19.4 Å². The van der Waals surface area contributed by atoms with Gasteiger partial charge in [0.1, 0.15) is 5.75 Å². The first kappa shape index (κ1) is 13.9. The molecule has 1 aromatic carbocycles. The van der Waals surface area contributed by atoms with E-state index in [-0.39, 0.29) is 0 Å². The van der Waals surface area contributed by atoms with Crippen LogP contribution in [0.1, 0.15) is 31.7 Å². The van der Waals surface area contributed by atoms with Gasteiger partial charge in [0.15, 0.2) is 0 Å². The number of hydrogen-bond acceptors (Lipinski definition) is 4. The topological polar surface area (TPSA) is 51.0 Å². The molecule has 0 saturated carbocycles. The molecule has 1 atom stereocenters. The van der Waals surface area contributed by atoms with Gasteiger partial charge in [0.05, 0.1) is 18.4 Å². The van der Waals surface area contributed by atoms with Crippen LogP contribution in [0.2, 0.25) is 0 Å². The van der Waals surface area contributed by atoms with Crippen molar-refractivity contribution < 1.29 is 14.7 Å². The Morgan fingerprint density at radius 1 is 1.42 bits per heavy atom. The molecule has 1 aromatic rings. The molecule has 1 aliphatic rings. The second-order valence-corrected chi connectivity index (χ2v) is 4.93. The van der Waals surface area contributed by atoms with Gasteiger partial charge in [-0.3, -0.25) is 0 Å². The zero-order chi connectivity index (χ0) is 13.5. The third-order valence-corrected chi connectivity index (χ3v) is 3.29. The maximum atomic E-state index is 8.62. The molecule has 19 heavy (non-hydrogen) atoms. The summed E-state index contributed by atoms with van der Waals surface area (Å²) >= 11 is 0. The molecule has 0 bridgehead atoms. The van der Waals surface area contributed by atoms with Crippen molar-refractivity contribution in [3.05, 3.63) is 29.8 Å². The lowest BCUT2D eigenvalue weighted by molar-refractivity contribution is 0.0903. The first-order valence-corrected chi connectivity index (χ1v) is 6.79. The highest BCUT2D eigenvalue weighted by Crippen LogP contribution is 2.17. The van der Waals surface area contributed by atoms with Crippen LogP contribution in [-0.4, -0.2) is 30.2 Å². The summed E-state index contributed by atoms with van der Waals surface area (Å²) in [7, 11) is 0. The summed E-state index contributed by atoms with van der Waals surface area (Å²) in [6, 6.07) is 7.90. The lowest BCUT2D eigenvalue weighted by Crippen LogP contribution is -2.10. The van der Waals surface area contributed by atoms with Crippen LogP contribution in [0.15, 0.2) is 29.4 Å². The van der Waals surface area contributed by atoms with Crippen LogP contribution in [0.25, 0.3) is 0 Å². The van der Waals surface area contributed by atoms with Gasteiger partial charge in [-0.15, -0.1) is 0 Å². The van der Waals surface area contributed by atoms with E-state index in [1.165, 1.54) is 6.42 Å².